The van der Waals surface area contributed by atoms with Crippen molar-refractivity contribution >= 4 is 44.3 Å². The minimum atomic E-state index is -0.990. The third kappa shape index (κ3) is 6.37. The SMILES string of the molecule is Cc1nc2cc([N+](=O)[O-])c(Oc3ccc(CC(=O)O)cc3Cl)cc2n1COCCS(C)(C)C. The molecule has 0 fully saturated rings. The van der Waals surface area contributed by atoms with Crippen molar-refractivity contribution in [3.05, 3.63) is 56.9 Å². The fraction of sp³-hybridized carbons (Fsp3) is 0.364. The Morgan fingerprint density at radius 2 is 1.97 bits per heavy atom. The fourth-order valence-corrected chi connectivity index (χ4v) is 4.00. The van der Waals surface area contributed by atoms with Crippen LogP contribution in [0.5, 0.6) is 11.5 Å². The molecule has 0 saturated carbocycles. The third-order valence-corrected chi connectivity index (χ3v) is 6.54. The summed E-state index contributed by atoms with van der Waals surface area (Å²) in [6.07, 6.45) is 6.46. The number of ether oxygens (including phenoxy) is 2. The van der Waals surface area contributed by atoms with Crippen LogP contribution in [-0.2, 0) is 22.7 Å². The molecule has 33 heavy (non-hydrogen) atoms. The fourth-order valence-electron chi connectivity index (χ4n) is 3.14. The first kappa shape index (κ1) is 24.8. The molecular formula is C22H26ClN3O6S. The Balaban J connectivity index is 1.93. The molecule has 3 rings (SSSR count). The molecule has 0 aliphatic heterocycles. The molecule has 178 valence electrons. The van der Waals surface area contributed by atoms with Crippen molar-refractivity contribution in [2.45, 2.75) is 20.1 Å². The number of fused-ring (bicyclic) bond motifs is 1. The van der Waals surface area contributed by atoms with Gasteiger partial charge in [0.1, 0.15) is 18.3 Å². The van der Waals surface area contributed by atoms with Crippen molar-refractivity contribution < 1.29 is 24.3 Å². The number of carbonyl (C=O) groups is 1. The van der Waals surface area contributed by atoms with Gasteiger partial charge in [0.2, 0.25) is 5.75 Å². The summed E-state index contributed by atoms with van der Waals surface area (Å²) >= 11 is 6.25. The van der Waals surface area contributed by atoms with E-state index >= 15 is 0 Å². The van der Waals surface area contributed by atoms with Gasteiger partial charge in [-0.1, -0.05) is 17.7 Å². The van der Waals surface area contributed by atoms with Gasteiger partial charge in [-0.25, -0.2) is 15.0 Å². The number of nitrogens with zero attached hydrogens (tertiary/aromatic N) is 3. The molecule has 11 heteroatoms. The van der Waals surface area contributed by atoms with Crippen LogP contribution in [0.15, 0.2) is 30.3 Å². The van der Waals surface area contributed by atoms with Gasteiger partial charge in [-0.2, -0.15) is 0 Å². The molecule has 0 unspecified atom stereocenters. The maximum atomic E-state index is 11.7. The zero-order valence-corrected chi connectivity index (χ0v) is 20.4. The second-order valence-electron chi connectivity index (χ2n) is 8.42. The summed E-state index contributed by atoms with van der Waals surface area (Å²) in [6, 6.07) is 7.43. The first-order valence-electron chi connectivity index (χ1n) is 10.0. The number of halogens is 1. The standard InChI is InChI=1S/C22H26ClN3O6S/c1-14-24-17-11-19(26(29)30)21(12-18(17)25(14)13-31-7-8-33(2,3)4)32-20-6-5-15(9-16(20)23)10-22(27)28/h5-6,9,11-12H,7-8,10,13H2,1-4H3,(H,27,28). The van der Waals surface area contributed by atoms with Gasteiger partial charge in [-0.15, -0.1) is 0 Å². The molecule has 1 heterocycles. The first-order valence-corrected chi connectivity index (χ1v) is 13.4. The molecule has 0 amide bonds. The Kier molecular flexibility index (Phi) is 7.51. The van der Waals surface area contributed by atoms with Gasteiger partial charge in [0.15, 0.2) is 0 Å². The summed E-state index contributed by atoms with van der Waals surface area (Å²) in [5.41, 5.74) is 1.33. The molecule has 2 aromatic carbocycles. The number of rotatable bonds is 10. The summed E-state index contributed by atoms with van der Waals surface area (Å²) in [7, 11) is -0.678. The number of hydrogen-bond acceptors (Lipinski definition) is 6. The van der Waals surface area contributed by atoms with Crippen molar-refractivity contribution in [1.82, 2.24) is 9.55 Å². The van der Waals surface area contributed by atoms with Crippen LogP contribution in [0.4, 0.5) is 5.69 Å². The van der Waals surface area contributed by atoms with Gasteiger partial charge < -0.3 is 19.1 Å². The van der Waals surface area contributed by atoms with Crippen LogP contribution in [-0.4, -0.2) is 56.7 Å². The van der Waals surface area contributed by atoms with Crippen molar-refractivity contribution in [3.63, 3.8) is 0 Å². The molecule has 0 radical (unpaired) electrons. The third-order valence-electron chi connectivity index (χ3n) is 4.85. The van der Waals surface area contributed by atoms with Crippen LogP contribution in [0.1, 0.15) is 11.4 Å². The lowest BCUT2D eigenvalue weighted by Crippen LogP contribution is -2.10. The number of nitro benzene ring substituents is 1. The quantitative estimate of drug-likeness (QED) is 0.239. The average Bonchev–Trinajstić information content (AvgIpc) is 2.99. The summed E-state index contributed by atoms with van der Waals surface area (Å²) in [6.45, 7) is 2.68. The number of carboxylic acid groups (broad SMARTS) is 1. The molecule has 0 aliphatic rings. The monoisotopic (exact) mass is 495 g/mol. The van der Waals surface area contributed by atoms with E-state index in [2.05, 4.69) is 23.8 Å². The lowest BCUT2D eigenvalue weighted by atomic mass is 10.1. The van der Waals surface area contributed by atoms with Gasteiger partial charge in [-0.3, -0.25) is 14.9 Å². The Bertz CT molecular complexity index is 1210. The molecule has 1 N–H and O–H groups in total. The molecule has 0 spiro atoms. The molecule has 1 aromatic heterocycles. The molecule has 3 aromatic rings. The van der Waals surface area contributed by atoms with Crippen LogP contribution < -0.4 is 4.74 Å². The van der Waals surface area contributed by atoms with Gasteiger partial charge in [0.25, 0.3) is 0 Å². The topological polar surface area (TPSA) is 117 Å². The number of aliphatic carboxylic acids is 1. The normalized spacial score (nSPS) is 12.2. The van der Waals surface area contributed by atoms with Crippen molar-refractivity contribution in [1.29, 1.82) is 0 Å². The van der Waals surface area contributed by atoms with E-state index in [0.29, 0.717) is 29.0 Å². The second kappa shape index (κ2) is 9.98. The number of aryl methyl sites for hydroxylation is 1. The minimum absolute atomic E-state index is 0.000621. The first-order chi connectivity index (χ1) is 15.4. The van der Waals surface area contributed by atoms with Crippen LogP contribution in [0.3, 0.4) is 0 Å². The number of imidazole rings is 1. The average molecular weight is 496 g/mol. The Morgan fingerprint density at radius 1 is 1.24 bits per heavy atom. The number of hydrogen-bond donors (Lipinski definition) is 1. The smallest absolute Gasteiger partial charge is 0.313 e. The lowest BCUT2D eigenvalue weighted by Gasteiger charge is -2.24. The summed E-state index contributed by atoms with van der Waals surface area (Å²) < 4.78 is 13.5. The van der Waals surface area contributed by atoms with E-state index in [-0.39, 0.29) is 35.4 Å². The highest BCUT2D eigenvalue weighted by Crippen LogP contribution is 2.38. The second-order valence-corrected chi connectivity index (χ2v) is 13.4. The van der Waals surface area contributed by atoms with E-state index in [9.17, 15) is 14.9 Å². The zero-order valence-electron chi connectivity index (χ0n) is 18.8. The van der Waals surface area contributed by atoms with Gasteiger partial charge in [-0.05, 0) is 43.4 Å². The molecule has 9 nitrogen and oxygen atoms in total. The number of aromatic nitrogens is 2. The van der Waals surface area contributed by atoms with Crippen LogP contribution in [0.2, 0.25) is 5.02 Å². The highest BCUT2D eigenvalue weighted by atomic mass is 35.5. The molecular weight excluding hydrogens is 470 g/mol. The van der Waals surface area contributed by atoms with Gasteiger partial charge in [0, 0.05) is 17.9 Å². The van der Waals surface area contributed by atoms with E-state index in [1.54, 1.807) is 12.1 Å². The van der Waals surface area contributed by atoms with Crippen molar-refractivity contribution in [3.8, 4) is 11.5 Å². The number of carboxylic acids is 1. The summed E-state index contributed by atoms with van der Waals surface area (Å²) in [4.78, 5) is 26.5. The van der Waals surface area contributed by atoms with Gasteiger partial charge in [0.05, 0.1) is 34.0 Å². The highest BCUT2D eigenvalue weighted by Gasteiger charge is 2.22. The maximum absolute atomic E-state index is 11.7. The Labute approximate surface area is 197 Å². The lowest BCUT2D eigenvalue weighted by molar-refractivity contribution is -0.385. The highest BCUT2D eigenvalue weighted by molar-refractivity contribution is 8.32. The Hall–Kier alpha value is -2.82. The molecule has 0 saturated heterocycles. The van der Waals surface area contributed by atoms with Crippen LogP contribution in [0.25, 0.3) is 11.0 Å². The van der Waals surface area contributed by atoms with Crippen LogP contribution >= 0.6 is 21.6 Å². The van der Waals surface area contributed by atoms with Crippen molar-refractivity contribution in [2.75, 3.05) is 31.1 Å². The molecule has 0 aliphatic carbocycles. The van der Waals surface area contributed by atoms with Gasteiger partial charge >= 0.3 is 11.7 Å². The van der Waals surface area contributed by atoms with E-state index in [0.717, 1.165) is 5.75 Å². The van der Waals surface area contributed by atoms with Crippen molar-refractivity contribution in [2.24, 2.45) is 0 Å². The molecule has 0 atom stereocenters. The molecule has 0 bridgehead atoms. The zero-order chi connectivity index (χ0) is 24.3. The van der Waals surface area contributed by atoms with E-state index in [1.807, 2.05) is 11.5 Å². The summed E-state index contributed by atoms with van der Waals surface area (Å²) in [5, 5.41) is 20.8. The predicted octanol–water partition coefficient (Wildman–Crippen LogP) is 4.99. The van der Waals surface area contributed by atoms with Crippen LogP contribution in [0, 0.1) is 17.0 Å². The summed E-state index contributed by atoms with van der Waals surface area (Å²) in [5.74, 6) is 0.821. The minimum Gasteiger partial charge on any atom is -0.481 e. The number of nitro groups is 1. The Morgan fingerprint density at radius 3 is 2.58 bits per heavy atom. The van der Waals surface area contributed by atoms with E-state index in [4.69, 9.17) is 26.2 Å². The van der Waals surface area contributed by atoms with E-state index < -0.39 is 20.9 Å². The number of benzene rings is 2. The largest absolute Gasteiger partial charge is 0.481 e. The predicted molar refractivity (Wildman–Crippen MR) is 130 cm³/mol. The van der Waals surface area contributed by atoms with E-state index in [1.165, 1.54) is 18.2 Å². The maximum Gasteiger partial charge on any atom is 0.313 e.